The van der Waals surface area contributed by atoms with Gasteiger partial charge in [-0.25, -0.2) is 0 Å². The lowest BCUT2D eigenvalue weighted by molar-refractivity contribution is -0.120. The highest BCUT2D eigenvalue weighted by molar-refractivity contribution is 6.05. The molecule has 0 heterocycles. The number of anilines is 1. The number of carbonyl (C=O) groups excluding carboxylic acids is 2. The van der Waals surface area contributed by atoms with Crippen molar-refractivity contribution in [2.24, 2.45) is 5.73 Å². The molecular weight excluding hydrogens is 424 g/mol. The molecule has 0 saturated heterocycles. The van der Waals surface area contributed by atoms with Crippen molar-refractivity contribution in [2.75, 3.05) is 33.3 Å². The van der Waals surface area contributed by atoms with Crippen LogP contribution in [-0.2, 0) is 11.2 Å². The van der Waals surface area contributed by atoms with E-state index in [4.69, 9.17) is 24.7 Å². The van der Waals surface area contributed by atoms with Gasteiger partial charge >= 0.3 is 0 Å². The van der Waals surface area contributed by atoms with Crippen LogP contribution in [0.5, 0.6) is 23.0 Å². The number of nitrogens with two attached hydrogens (primary N) is 1. The molecule has 3 aromatic carbocycles. The van der Waals surface area contributed by atoms with Gasteiger partial charge in [0.05, 0.1) is 21.3 Å². The molecule has 0 bridgehead atoms. The van der Waals surface area contributed by atoms with E-state index in [0.717, 1.165) is 16.9 Å². The van der Waals surface area contributed by atoms with Gasteiger partial charge < -0.3 is 30.0 Å². The molecule has 8 heteroatoms. The van der Waals surface area contributed by atoms with E-state index in [9.17, 15) is 9.59 Å². The van der Waals surface area contributed by atoms with Gasteiger partial charge in [-0.1, -0.05) is 30.3 Å². The average molecular weight is 450 g/mol. The highest BCUT2D eigenvalue weighted by Gasteiger charge is 2.19. The Morgan fingerprint density at radius 3 is 2.06 bits per heavy atom. The van der Waals surface area contributed by atoms with Crippen molar-refractivity contribution >= 4 is 17.5 Å². The van der Waals surface area contributed by atoms with Crippen LogP contribution in [0.15, 0.2) is 60.7 Å². The third-order valence-electron chi connectivity index (χ3n) is 4.86. The SMILES string of the molecule is COc1ccc(NC(=O)c2cc(OC)c(OCC(N)=O)c(OC)c2)cc1Cc1ccccc1. The molecule has 0 fully saturated rings. The van der Waals surface area contributed by atoms with Crippen molar-refractivity contribution in [3.63, 3.8) is 0 Å². The van der Waals surface area contributed by atoms with Crippen LogP contribution in [0.4, 0.5) is 5.69 Å². The predicted molar refractivity (Wildman–Crippen MR) is 124 cm³/mol. The van der Waals surface area contributed by atoms with Crippen molar-refractivity contribution in [1.82, 2.24) is 0 Å². The lowest BCUT2D eigenvalue weighted by atomic mass is 10.0. The normalized spacial score (nSPS) is 10.3. The standard InChI is InChI=1S/C25H26N2O6/c1-30-20-10-9-19(12-17(20)11-16-7-5-4-6-8-16)27-25(29)18-13-21(31-2)24(22(14-18)32-3)33-15-23(26)28/h4-10,12-14H,11,15H2,1-3H3,(H2,26,28)(H,27,29). The van der Waals surface area contributed by atoms with Gasteiger partial charge in [0.2, 0.25) is 5.75 Å². The summed E-state index contributed by atoms with van der Waals surface area (Å²) in [5.74, 6) is 0.372. The molecule has 0 aliphatic rings. The molecule has 0 spiro atoms. The average Bonchev–Trinajstić information content (AvgIpc) is 2.82. The third kappa shape index (κ3) is 5.94. The zero-order chi connectivity index (χ0) is 23.8. The van der Waals surface area contributed by atoms with E-state index in [1.807, 2.05) is 42.5 Å². The number of hydrogen-bond donors (Lipinski definition) is 2. The van der Waals surface area contributed by atoms with Crippen molar-refractivity contribution in [2.45, 2.75) is 6.42 Å². The van der Waals surface area contributed by atoms with Gasteiger partial charge in [0.15, 0.2) is 18.1 Å². The largest absolute Gasteiger partial charge is 0.496 e. The Kier molecular flexibility index (Phi) is 7.75. The Morgan fingerprint density at radius 1 is 0.848 bits per heavy atom. The molecule has 0 radical (unpaired) electrons. The minimum Gasteiger partial charge on any atom is -0.496 e. The van der Waals surface area contributed by atoms with Crippen LogP contribution in [0.2, 0.25) is 0 Å². The maximum atomic E-state index is 13.0. The first-order valence-electron chi connectivity index (χ1n) is 10.1. The first-order chi connectivity index (χ1) is 15.9. The number of nitrogens with one attached hydrogen (secondary N) is 1. The fourth-order valence-electron chi connectivity index (χ4n) is 3.31. The summed E-state index contributed by atoms with van der Waals surface area (Å²) in [5.41, 5.74) is 8.11. The van der Waals surface area contributed by atoms with E-state index >= 15 is 0 Å². The zero-order valence-corrected chi connectivity index (χ0v) is 18.7. The van der Waals surface area contributed by atoms with Gasteiger partial charge in [0.1, 0.15) is 5.75 Å². The van der Waals surface area contributed by atoms with Gasteiger partial charge in [-0.2, -0.15) is 0 Å². The molecule has 0 saturated carbocycles. The smallest absolute Gasteiger partial charge is 0.255 e. The zero-order valence-electron chi connectivity index (χ0n) is 18.7. The van der Waals surface area contributed by atoms with E-state index in [1.165, 1.54) is 26.4 Å². The van der Waals surface area contributed by atoms with E-state index in [2.05, 4.69) is 5.32 Å². The second-order valence-corrected chi connectivity index (χ2v) is 7.11. The Morgan fingerprint density at radius 2 is 1.48 bits per heavy atom. The highest BCUT2D eigenvalue weighted by atomic mass is 16.5. The Bertz CT molecular complexity index is 1110. The summed E-state index contributed by atoms with van der Waals surface area (Å²) < 4.78 is 21.5. The minimum atomic E-state index is -0.647. The number of hydrogen-bond acceptors (Lipinski definition) is 6. The van der Waals surface area contributed by atoms with Gasteiger partial charge in [-0.15, -0.1) is 0 Å². The van der Waals surface area contributed by atoms with Crippen LogP contribution in [0, 0.1) is 0 Å². The second-order valence-electron chi connectivity index (χ2n) is 7.11. The van der Waals surface area contributed by atoms with Gasteiger partial charge in [-0.05, 0) is 35.9 Å². The number of ether oxygens (including phenoxy) is 4. The summed E-state index contributed by atoms with van der Waals surface area (Å²) in [5, 5.41) is 2.89. The Hall–Kier alpha value is -4.20. The van der Waals surface area contributed by atoms with Crippen LogP contribution in [0.1, 0.15) is 21.5 Å². The number of primary amides is 1. The molecule has 0 unspecified atom stereocenters. The van der Waals surface area contributed by atoms with Crippen LogP contribution < -0.4 is 30.0 Å². The summed E-state index contributed by atoms with van der Waals surface area (Å²) in [6.07, 6.45) is 0.654. The Balaban J connectivity index is 1.86. The Labute approximate surface area is 192 Å². The van der Waals surface area contributed by atoms with Crippen molar-refractivity contribution < 1.29 is 28.5 Å². The lowest BCUT2D eigenvalue weighted by Gasteiger charge is -2.16. The quantitative estimate of drug-likeness (QED) is 0.490. The summed E-state index contributed by atoms with van der Waals surface area (Å²) in [6, 6.07) is 18.4. The molecule has 33 heavy (non-hydrogen) atoms. The summed E-state index contributed by atoms with van der Waals surface area (Å²) in [7, 11) is 4.46. The molecule has 0 atom stereocenters. The summed E-state index contributed by atoms with van der Waals surface area (Å²) >= 11 is 0. The van der Waals surface area contributed by atoms with Crippen molar-refractivity contribution in [1.29, 1.82) is 0 Å². The molecule has 8 nitrogen and oxygen atoms in total. The van der Waals surface area contributed by atoms with Gasteiger partial charge in [0, 0.05) is 23.2 Å². The second kappa shape index (κ2) is 10.9. The van der Waals surface area contributed by atoms with Crippen LogP contribution in [0.25, 0.3) is 0 Å². The molecule has 3 rings (SSSR count). The highest BCUT2D eigenvalue weighted by Crippen LogP contribution is 2.38. The number of methoxy groups -OCH3 is 3. The topological polar surface area (TPSA) is 109 Å². The summed E-state index contributed by atoms with van der Waals surface area (Å²) in [4.78, 5) is 24.1. The number of carbonyl (C=O) groups is 2. The molecule has 3 aromatic rings. The van der Waals surface area contributed by atoms with Crippen molar-refractivity contribution in [3.05, 3.63) is 77.4 Å². The van der Waals surface area contributed by atoms with E-state index in [-0.39, 0.29) is 35.3 Å². The van der Waals surface area contributed by atoms with E-state index in [0.29, 0.717) is 12.1 Å². The molecule has 172 valence electrons. The first kappa shape index (κ1) is 23.5. The van der Waals surface area contributed by atoms with Gasteiger partial charge in [-0.3, -0.25) is 9.59 Å². The first-order valence-corrected chi connectivity index (χ1v) is 10.1. The molecule has 3 N–H and O–H groups in total. The predicted octanol–water partition coefficient (Wildman–Crippen LogP) is 3.42. The van der Waals surface area contributed by atoms with E-state index in [1.54, 1.807) is 13.2 Å². The molecule has 2 amide bonds. The van der Waals surface area contributed by atoms with Crippen LogP contribution in [-0.4, -0.2) is 39.8 Å². The number of rotatable bonds is 10. The van der Waals surface area contributed by atoms with Crippen molar-refractivity contribution in [3.8, 4) is 23.0 Å². The third-order valence-corrected chi connectivity index (χ3v) is 4.86. The van der Waals surface area contributed by atoms with Crippen LogP contribution >= 0.6 is 0 Å². The maximum Gasteiger partial charge on any atom is 0.255 e. The lowest BCUT2D eigenvalue weighted by Crippen LogP contribution is -2.20. The minimum absolute atomic E-state index is 0.185. The van der Waals surface area contributed by atoms with Gasteiger partial charge in [0.25, 0.3) is 11.8 Å². The maximum absolute atomic E-state index is 13.0. The summed E-state index contributed by atoms with van der Waals surface area (Å²) in [6.45, 7) is -0.353. The van der Waals surface area contributed by atoms with Crippen LogP contribution in [0.3, 0.4) is 0 Å². The fourth-order valence-corrected chi connectivity index (χ4v) is 3.31. The molecule has 0 aliphatic carbocycles. The fraction of sp³-hybridized carbons (Fsp3) is 0.200. The molecule has 0 aromatic heterocycles. The monoisotopic (exact) mass is 450 g/mol. The van der Waals surface area contributed by atoms with E-state index < -0.39 is 5.91 Å². The number of benzene rings is 3. The number of amides is 2. The molecule has 0 aliphatic heterocycles. The molecular formula is C25H26N2O6.